The number of rotatable bonds is 20. The smallest absolute Gasteiger partial charge is 0.321 e. The lowest BCUT2D eigenvalue weighted by Gasteiger charge is -2.32. The summed E-state index contributed by atoms with van der Waals surface area (Å²) in [5.74, 6) is -6.26. The van der Waals surface area contributed by atoms with Gasteiger partial charge in [0.05, 0.1) is 31.7 Å². The van der Waals surface area contributed by atoms with Crippen molar-refractivity contribution in [1.29, 1.82) is 0 Å². The van der Waals surface area contributed by atoms with Crippen LogP contribution in [-0.4, -0.2) is 134 Å². The lowest BCUT2D eigenvalue weighted by Crippen LogP contribution is -2.50. The molecule has 1 atom stereocenters. The van der Waals surface area contributed by atoms with E-state index in [0.29, 0.717) is 11.3 Å². The van der Waals surface area contributed by atoms with Crippen molar-refractivity contribution < 1.29 is 49.5 Å². The molecule has 0 aliphatic heterocycles. The fourth-order valence-corrected chi connectivity index (χ4v) is 3.69. The van der Waals surface area contributed by atoms with Crippen LogP contribution in [0.2, 0.25) is 0 Å². The molecule has 0 heterocycles. The fraction of sp³-hybridized carbons (Fsp3) is 0.455. The number of thiocarbonyl (C=S) groups is 1. The van der Waals surface area contributed by atoms with E-state index in [-0.39, 0.29) is 32.6 Å². The molecule has 0 saturated heterocycles. The van der Waals surface area contributed by atoms with E-state index in [1.165, 1.54) is 10.4 Å². The average Bonchev–Trinajstić information content (AvgIpc) is 2.77. The summed E-state index contributed by atoms with van der Waals surface area (Å²) < 4.78 is 0. The summed E-state index contributed by atoms with van der Waals surface area (Å²) in [5, 5.41) is 49.1. The molecule has 0 bridgehead atoms. The number of carbonyl (C=O) groups is 5. The lowest BCUT2D eigenvalue weighted by atomic mass is 10.0. The van der Waals surface area contributed by atoms with Gasteiger partial charge in [-0.1, -0.05) is 24.4 Å². The summed E-state index contributed by atoms with van der Waals surface area (Å²) >= 11 is 4.73. The van der Waals surface area contributed by atoms with E-state index < -0.39 is 62.1 Å². The van der Waals surface area contributed by atoms with Crippen LogP contribution in [0.4, 0.5) is 5.69 Å². The van der Waals surface area contributed by atoms with Gasteiger partial charge in [-0.2, -0.15) is 0 Å². The Morgan fingerprint density at radius 2 is 1.14 bits per heavy atom. The standard InChI is InChI=1S/C22H30N4O10S/c27-18(28)10-24(11-19(29)30)5-7-26(8-6-25(12-20(31)32)13-21(33)34)17(22(35)36)9-15-1-3-16(4-2-15)23-14-37/h1-4,14,17H,5-13H2,(H,23,37)(H,27,28)(H,29,30)(H,31,32)(H,33,34)(H,35,36). The Hall–Kier alpha value is -3.66. The Labute approximate surface area is 217 Å². The van der Waals surface area contributed by atoms with Crippen molar-refractivity contribution in [3.63, 3.8) is 0 Å². The van der Waals surface area contributed by atoms with Crippen LogP contribution in [0.5, 0.6) is 0 Å². The summed E-state index contributed by atoms with van der Waals surface area (Å²) in [6.45, 7) is -2.72. The molecular formula is C22H30N4O10S. The van der Waals surface area contributed by atoms with Crippen LogP contribution in [-0.2, 0) is 30.4 Å². The van der Waals surface area contributed by atoms with E-state index in [4.69, 9.17) is 32.6 Å². The van der Waals surface area contributed by atoms with Crippen molar-refractivity contribution in [2.45, 2.75) is 12.5 Å². The second-order valence-corrected chi connectivity index (χ2v) is 8.29. The summed E-state index contributed by atoms with van der Waals surface area (Å²) in [4.78, 5) is 60.5. The van der Waals surface area contributed by atoms with Crippen LogP contribution in [0, 0.1) is 0 Å². The topological polar surface area (TPSA) is 208 Å². The fourth-order valence-electron chi connectivity index (χ4n) is 3.56. The molecular weight excluding hydrogens is 512 g/mol. The first-order valence-electron chi connectivity index (χ1n) is 11.0. The Morgan fingerprint density at radius 3 is 1.46 bits per heavy atom. The van der Waals surface area contributed by atoms with Crippen LogP contribution in [0.1, 0.15) is 5.56 Å². The van der Waals surface area contributed by atoms with E-state index in [1.54, 1.807) is 24.3 Å². The monoisotopic (exact) mass is 542 g/mol. The minimum atomic E-state index is -1.26. The number of benzene rings is 1. The second-order valence-electron chi connectivity index (χ2n) is 8.05. The van der Waals surface area contributed by atoms with Crippen molar-refractivity contribution in [2.24, 2.45) is 0 Å². The quantitative estimate of drug-likeness (QED) is 0.113. The van der Waals surface area contributed by atoms with E-state index in [9.17, 15) is 29.1 Å². The third kappa shape index (κ3) is 13.3. The zero-order valence-corrected chi connectivity index (χ0v) is 20.7. The molecule has 0 aliphatic rings. The van der Waals surface area contributed by atoms with Gasteiger partial charge in [0.15, 0.2) is 0 Å². The molecule has 14 nitrogen and oxygen atoms in total. The van der Waals surface area contributed by atoms with Gasteiger partial charge in [0.2, 0.25) is 0 Å². The number of nitrogens with zero attached hydrogens (tertiary/aromatic N) is 3. The molecule has 6 N–H and O–H groups in total. The molecule has 15 heteroatoms. The maximum atomic E-state index is 12.2. The number of nitrogens with one attached hydrogen (secondary N) is 1. The van der Waals surface area contributed by atoms with Gasteiger partial charge in [-0.25, -0.2) is 0 Å². The summed E-state index contributed by atoms with van der Waals surface area (Å²) in [6, 6.07) is 5.63. The van der Waals surface area contributed by atoms with Crippen LogP contribution >= 0.6 is 12.2 Å². The Kier molecular flexibility index (Phi) is 13.7. The summed E-state index contributed by atoms with van der Waals surface area (Å²) in [5.41, 5.74) is 2.66. The Bertz CT molecular complexity index is 887. The average molecular weight is 543 g/mol. The van der Waals surface area contributed by atoms with Gasteiger partial charge in [0.25, 0.3) is 0 Å². The highest BCUT2D eigenvalue weighted by Gasteiger charge is 2.28. The third-order valence-corrected chi connectivity index (χ3v) is 5.29. The van der Waals surface area contributed by atoms with E-state index in [2.05, 4.69) is 5.32 Å². The minimum Gasteiger partial charge on any atom is -0.480 e. The minimum absolute atomic E-state index is 0.0168. The van der Waals surface area contributed by atoms with Crippen molar-refractivity contribution in [3.05, 3.63) is 29.8 Å². The molecule has 1 rings (SSSR count). The number of hydrogen-bond acceptors (Lipinski definition) is 9. The van der Waals surface area contributed by atoms with Crippen LogP contribution in [0.3, 0.4) is 0 Å². The molecule has 0 saturated carbocycles. The molecule has 0 spiro atoms. The van der Waals surface area contributed by atoms with Crippen LogP contribution in [0.25, 0.3) is 0 Å². The zero-order chi connectivity index (χ0) is 28.0. The van der Waals surface area contributed by atoms with Gasteiger partial charge < -0.3 is 30.8 Å². The van der Waals surface area contributed by atoms with Gasteiger partial charge in [-0.05, 0) is 24.1 Å². The Balaban J connectivity index is 3.16. The highest BCUT2D eigenvalue weighted by molar-refractivity contribution is 7.79. The van der Waals surface area contributed by atoms with Gasteiger partial charge in [0, 0.05) is 31.9 Å². The predicted octanol–water partition coefficient (Wildman–Crippen LogP) is -0.704. The number of carboxylic acid groups (broad SMARTS) is 5. The largest absolute Gasteiger partial charge is 0.480 e. The van der Waals surface area contributed by atoms with Crippen LogP contribution < -0.4 is 5.32 Å². The molecule has 204 valence electrons. The maximum absolute atomic E-state index is 12.2. The lowest BCUT2D eigenvalue weighted by molar-refractivity contribution is -0.146. The number of carboxylic acids is 5. The zero-order valence-electron chi connectivity index (χ0n) is 19.9. The van der Waals surface area contributed by atoms with Gasteiger partial charge in [0.1, 0.15) is 6.04 Å². The van der Waals surface area contributed by atoms with Gasteiger partial charge >= 0.3 is 29.8 Å². The second kappa shape index (κ2) is 16.2. The summed E-state index contributed by atoms with van der Waals surface area (Å²) in [6.07, 6.45) is 0.0168. The number of anilines is 1. The Morgan fingerprint density at radius 1 is 0.730 bits per heavy atom. The van der Waals surface area contributed by atoms with Crippen molar-refractivity contribution in [2.75, 3.05) is 57.7 Å². The van der Waals surface area contributed by atoms with E-state index in [0.717, 1.165) is 9.80 Å². The molecule has 0 fully saturated rings. The van der Waals surface area contributed by atoms with Crippen molar-refractivity contribution >= 4 is 53.2 Å². The molecule has 37 heavy (non-hydrogen) atoms. The SMILES string of the molecule is O=C(O)CN(CCN(CCN(CC(=O)O)CC(=O)O)C(Cc1ccc(NC=S)cc1)C(=O)O)CC(=O)O. The normalized spacial score (nSPS) is 11.9. The third-order valence-electron chi connectivity index (χ3n) is 5.18. The van der Waals surface area contributed by atoms with Crippen molar-refractivity contribution in [1.82, 2.24) is 14.7 Å². The predicted molar refractivity (Wildman–Crippen MR) is 134 cm³/mol. The highest BCUT2D eigenvalue weighted by atomic mass is 32.1. The van der Waals surface area contributed by atoms with Gasteiger partial charge in [-0.3, -0.25) is 38.7 Å². The summed E-state index contributed by atoms with van der Waals surface area (Å²) in [7, 11) is 0. The molecule has 1 unspecified atom stereocenters. The van der Waals surface area contributed by atoms with E-state index >= 15 is 0 Å². The molecule has 0 amide bonds. The number of aliphatic carboxylic acids is 5. The van der Waals surface area contributed by atoms with Gasteiger partial charge in [-0.15, -0.1) is 0 Å². The maximum Gasteiger partial charge on any atom is 0.321 e. The first-order valence-corrected chi connectivity index (χ1v) is 11.5. The number of hydrogen-bond donors (Lipinski definition) is 6. The first kappa shape index (κ1) is 31.4. The van der Waals surface area contributed by atoms with Crippen molar-refractivity contribution in [3.8, 4) is 0 Å². The van der Waals surface area contributed by atoms with Crippen LogP contribution in [0.15, 0.2) is 24.3 Å². The highest BCUT2D eigenvalue weighted by Crippen LogP contribution is 2.14. The first-order chi connectivity index (χ1) is 17.4. The molecule has 0 aliphatic carbocycles. The van der Waals surface area contributed by atoms with E-state index in [1.807, 2.05) is 0 Å². The molecule has 1 aromatic rings. The molecule has 0 aromatic heterocycles. The molecule has 0 radical (unpaired) electrons. The molecule has 1 aromatic carbocycles.